The summed E-state index contributed by atoms with van der Waals surface area (Å²) >= 11 is 0. The van der Waals surface area contributed by atoms with Gasteiger partial charge in [0, 0.05) is 37.8 Å². The van der Waals surface area contributed by atoms with Gasteiger partial charge < -0.3 is 9.80 Å². The molecular formula is C26H30ClN3O. The second-order valence-corrected chi connectivity index (χ2v) is 8.97. The predicted molar refractivity (Wildman–Crippen MR) is 128 cm³/mol. The molecule has 0 aromatic heterocycles. The maximum absolute atomic E-state index is 12.7. The zero-order chi connectivity index (χ0) is 20.4. The molecule has 2 aromatic rings. The number of benzene rings is 2. The van der Waals surface area contributed by atoms with Crippen LogP contribution in [0.2, 0.25) is 0 Å². The fraction of sp³-hybridized carbons (Fsp3) is 0.385. The maximum atomic E-state index is 12.7. The average Bonchev–Trinajstić information content (AvgIpc) is 3.35. The molecule has 2 aromatic carbocycles. The molecule has 1 fully saturated rings. The second-order valence-electron chi connectivity index (χ2n) is 8.97. The van der Waals surface area contributed by atoms with E-state index in [1.54, 1.807) is 0 Å². The van der Waals surface area contributed by atoms with Crippen LogP contribution in [-0.2, 0) is 13.0 Å². The molecule has 5 rings (SSSR count). The van der Waals surface area contributed by atoms with Gasteiger partial charge in [0.05, 0.1) is 5.54 Å². The van der Waals surface area contributed by atoms with Crippen molar-refractivity contribution in [3.8, 4) is 0 Å². The molecule has 3 aliphatic rings. The Labute approximate surface area is 191 Å². The summed E-state index contributed by atoms with van der Waals surface area (Å²) in [4.78, 5) is 22.1. The van der Waals surface area contributed by atoms with Gasteiger partial charge in [0.15, 0.2) is 0 Å². The molecule has 3 aliphatic heterocycles. The van der Waals surface area contributed by atoms with Gasteiger partial charge in [0.2, 0.25) is 0 Å². The number of piperidine rings is 1. The molecule has 0 bridgehead atoms. The van der Waals surface area contributed by atoms with Crippen LogP contribution in [0.25, 0.3) is 0 Å². The molecule has 5 heteroatoms. The summed E-state index contributed by atoms with van der Waals surface area (Å²) < 4.78 is 0. The van der Waals surface area contributed by atoms with Crippen LogP contribution < -0.4 is 0 Å². The van der Waals surface area contributed by atoms with Crippen molar-refractivity contribution in [2.24, 2.45) is 10.9 Å². The highest BCUT2D eigenvalue weighted by molar-refractivity contribution is 5.98. The lowest BCUT2D eigenvalue weighted by atomic mass is 9.89. The monoisotopic (exact) mass is 435 g/mol. The maximum Gasteiger partial charge on any atom is 0.254 e. The van der Waals surface area contributed by atoms with Crippen molar-refractivity contribution in [1.82, 2.24) is 9.80 Å². The smallest absolute Gasteiger partial charge is 0.254 e. The Bertz CT molecular complexity index is 952. The third kappa shape index (κ3) is 4.76. The molecule has 0 radical (unpaired) electrons. The lowest BCUT2D eigenvalue weighted by molar-refractivity contribution is 0.0708. The third-order valence-corrected chi connectivity index (χ3v) is 6.76. The minimum atomic E-state index is -0.138. The molecule has 0 spiro atoms. The van der Waals surface area contributed by atoms with E-state index in [9.17, 15) is 4.79 Å². The number of carbonyl (C=O) groups is 1. The van der Waals surface area contributed by atoms with Crippen LogP contribution in [0.5, 0.6) is 0 Å². The number of nitrogens with zero attached hydrogens (tertiary/aromatic N) is 3. The van der Waals surface area contributed by atoms with Crippen LogP contribution in [0.1, 0.15) is 34.3 Å². The zero-order valence-electron chi connectivity index (χ0n) is 17.8. The summed E-state index contributed by atoms with van der Waals surface area (Å²) in [7, 11) is 0. The van der Waals surface area contributed by atoms with Gasteiger partial charge >= 0.3 is 0 Å². The third-order valence-electron chi connectivity index (χ3n) is 6.76. The van der Waals surface area contributed by atoms with Gasteiger partial charge in [0.1, 0.15) is 0 Å². The number of carbonyl (C=O) groups excluding carboxylic acids is 1. The second kappa shape index (κ2) is 9.37. The summed E-state index contributed by atoms with van der Waals surface area (Å²) in [6.07, 6.45) is 9.55. The predicted octanol–water partition coefficient (Wildman–Crippen LogP) is 4.40. The Hall–Kier alpha value is -2.43. The molecule has 162 valence electrons. The topological polar surface area (TPSA) is 35.9 Å². The number of amides is 1. The number of rotatable bonds is 6. The SMILES string of the molecule is Cl.O=C1c2ccccc2CN1CC1CCN(CC2(Cc3ccccc3)C=CC=N2)CC1. The number of hydrogen-bond donors (Lipinski definition) is 0. The van der Waals surface area contributed by atoms with E-state index in [0.29, 0.717) is 5.92 Å². The number of hydrogen-bond acceptors (Lipinski definition) is 3. The van der Waals surface area contributed by atoms with Gasteiger partial charge in [-0.2, -0.15) is 0 Å². The van der Waals surface area contributed by atoms with Crippen molar-refractivity contribution in [2.45, 2.75) is 31.3 Å². The van der Waals surface area contributed by atoms with E-state index in [1.807, 2.05) is 29.3 Å². The highest BCUT2D eigenvalue weighted by atomic mass is 35.5. The fourth-order valence-corrected chi connectivity index (χ4v) is 5.15. The number of allylic oxidation sites excluding steroid dienone is 1. The summed E-state index contributed by atoms with van der Waals surface area (Å²) in [6.45, 7) is 4.79. The molecule has 0 aliphatic carbocycles. The minimum Gasteiger partial charge on any atom is -0.334 e. The lowest BCUT2D eigenvalue weighted by Gasteiger charge is -2.38. The van der Waals surface area contributed by atoms with E-state index >= 15 is 0 Å². The summed E-state index contributed by atoms with van der Waals surface area (Å²) in [5, 5.41) is 0. The standard InChI is InChI=1S/C26H29N3O.ClH/c30-25-24-10-5-4-9-23(24)19-29(25)18-22-11-15-28(16-12-22)20-26(13-6-14-27-26)17-21-7-2-1-3-8-21;/h1-10,13-14,22H,11-12,15-20H2;1H. The number of fused-ring (bicyclic) bond motifs is 1. The van der Waals surface area contributed by atoms with Gasteiger partial charge in [-0.15, -0.1) is 12.4 Å². The van der Waals surface area contributed by atoms with Crippen molar-refractivity contribution in [3.63, 3.8) is 0 Å². The van der Waals surface area contributed by atoms with Gasteiger partial charge in [0.25, 0.3) is 5.91 Å². The van der Waals surface area contributed by atoms with Crippen LogP contribution in [-0.4, -0.2) is 53.6 Å². The first-order valence-corrected chi connectivity index (χ1v) is 11.1. The largest absolute Gasteiger partial charge is 0.334 e. The van der Waals surface area contributed by atoms with Crippen molar-refractivity contribution < 1.29 is 4.79 Å². The number of aliphatic imine (C=N–C) groups is 1. The molecule has 4 nitrogen and oxygen atoms in total. The van der Waals surface area contributed by atoms with E-state index < -0.39 is 0 Å². The Morgan fingerprint density at radius 1 is 1.00 bits per heavy atom. The Morgan fingerprint density at radius 3 is 2.45 bits per heavy atom. The first kappa shape index (κ1) is 21.8. The van der Waals surface area contributed by atoms with Crippen LogP contribution in [0.4, 0.5) is 0 Å². The highest BCUT2D eigenvalue weighted by Gasteiger charge is 2.34. The molecule has 1 amide bonds. The zero-order valence-corrected chi connectivity index (χ0v) is 18.6. The van der Waals surface area contributed by atoms with Gasteiger partial charge in [-0.1, -0.05) is 54.6 Å². The van der Waals surface area contributed by atoms with Gasteiger partial charge in [-0.3, -0.25) is 9.79 Å². The molecule has 1 atom stereocenters. The van der Waals surface area contributed by atoms with Crippen molar-refractivity contribution >= 4 is 24.5 Å². The molecule has 3 heterocycles. The van der Waals surface area contributed by atoms with E-state index in [0.717, 1.165) is 57.5 Å². The first-order valence-electron chi connectivity index (χ1n) is 11.1. The quantitative estimate of drug-likeness (QED) is 0.674. The average molecular weight is 436 g/mol. The molecule has 1 unspecified atom stereocenters. The summed E-state index contributed by atoms with van der Waals surface area (Å²) in [5.41, 5.74) is 3.27. The van der Waals surface area contributed by atoms with E-state index in [2.05, 4.69) is 53.5 Å². The van der Waals surface area contributed by atoms with Crippen LogP contribution in [0, 0.1) is 5.92 Å². The summed E-state index contributed by atoms with van der Waals surface area (Å²) in [5.74, 6) is 0.799. The van der Waals surface area contributed by atoms with Crippen molar-refractivity contribution in [1.29, 1.82) is 0 Å². The van der Waals surface area contributed by atoms with Crippen LogP contribution >= 0.6 is 12.4 Å². The van der Waals surface area contributed by atoms with Crippen LogP contribution in [0.15, 0.2) is 71.7 Å². The number of halogens is 1. The van der Waals surface area contributed by atoms with E-state index in [4.69, 9.17) is 4.99 Å². The minimum absolute atomic E-state index is 0. The Morgan fingerprint density at radius 2 is 1.74 bits per heavy atom. The molecule has 0 saturated carbocycles. The van der Waals surface area contributed by atoms with E-state index in [-0.39, 0.29) is 23.9 Å². The molecular weight excluding hydrogens is 406 g/mol. The first-order chi connectivity index (χ1) is 14.7. The lowest BCUT2D eigenvalue weighted by Crippen LogP contribution is -2.46. The van der Waals surface area contributed by atoms with Crippen LogP contribution in [0.3, 0.4) is 0 Å². The van der Waals surface area contributed by atoms with Gasteiger partial charge in [-0.25, -0.2) is 0 Å². The molecule has 0 N–H and O–H groups in total. The van der Waals surface area contributed by atoms with Crippen molar-refractivity contribution in [2.75, 3.05) is 26.2 Å². The summed E-state index contributed by atoms with van der Waals surface area (Å²) in [6, 6.07) is 18.7. The van der Waals surface area contributed by atoms with Gasteiger partial charge in [-0.05, 0) is 55.1 Å². The fourth-order valence-electron chi connectivity index (χ4n) is 5.15. The normalized spacial score (nSPS) is 23.2. The number of likely N-dealkylation sites (tertiary alicyclic amines) is 1. The molecule has 31 heavy (non-hydrogen) atoms. The molecule has 1 saturated heterocycles. The Balaban J connectivity index is 0.00000231. The van der Waals surface area contributed by atoms with Crippen molar-refractivity contribution in [3.05, 3.63) is 83.4 Å². The van der Waals surface area contributed by atoms with E-state index in [1.165, 1.54) is 11.1 Å². The highest BCUT2D eigenvalue weighted by Crippen LogP contribution is 2.29. The Kier molecular flexibility index (Phi) is 6.59.